The predicted octanol–water partition coefficient (Wildman–Crippen LogP) is 4.75. The standard InChI is InChI=1S/C14H21ClIN3/c1-14(2,3)9-4-6-10(7-5-9)19-13-11(15)12(16)17-8-18-13/h8-10H,4-7H2,1-3H3,(H,17,18,19). The van der Waals surface area contributed by atoms with E-state index >= 15 is 0 Å². The van der Waals surface area contributed by atoms with E-state index in [0.717, 1.165) is 15.4 Å². The van der Waals surface area contributed by atoms with Crippen LogP contribution in [0.2, 0.25) is 5.02 Å². The van der Waals surface area contributed by atoms with Crippen molar-refractivity contribution in [2.45, 2.75) is 52.5 Å². The highest BCUT2D eigenvalue weighted by Crippen LogP contribution is 2.38. The highest BCUT2D eigenvalue weighted by molar-refractivity contribution is 14.1. The molecule has 1 saturated carbocycles. The molecule has 1 N–H and O–H groups in total. The van der Waals surface area contributed by atoms with Gasteiger partial charge in [-0.3, -0.25) is 0 Å². The zero-order valence-corrected chi connectivity index (χ0v) is 14.6. The molecule has 0 unspecified atom stereocenters. The maximum Gasteiger partial charge on any atom is 0.149 e. The van der Waals surface area contributed by atoms with Gasteiger partial charge in [0.2, 0.25) is 0 Å². The average molecular weight is 394 g/mol. The number of anilines is 1. The molecular weight excluding hydrogens is 373 g/mol. The Morgan fingerprint density at radius 2 is 1.84 bits per heavy atom. The lowest BCUT2D eigenvalue weighted by atomic mass is 9.71. The minimum atomic E-state index is 0.424. The summed E-state index contributed by atoms with van der Waals surface area (Å²) >= 11 is 8.35. The Bertz CT molecular complexity index is 437. The lowest BCUT2D eigenvalue weighted by Crippen LogP contribution is -2.31. The quantitative estimate of drug-likeness (QED) is 0.582. The first-order chi connectivity index (χ1) is 8.88. The molecule has 5 heteroatoms. The van der Waals surface area contributed by atoms with E-state index in [9.17, 15) is 0 Å². The van der Waals surface area contributed by atoms with Gasteiger partial charge in [-0.15, -0.1) is 0 Å². The van der Waals surface area contributed by atoms with Gasteiger partial charge in [-0.2, -0.15) is 0 Å². The molecule has 1 heterocycles. The van der Waals surface area contributed by atoms with E-state index in [1.54, 1.807) is 6.33 Å². The zero-order chi connectivity index (χ0) is 14.0. The van der Waals surface area contributed by atoms with Crippen molar-refractivity contribution >= 4 is 40.0 Å². The van der Waals surface area contributed by atoms with E-state index in [0.29, 0.717) is 16.5 Å². The molecule has 19 heavy (non-hydrogen) atoms. The van der Waals surface area contributed by atoms with Crippen LogP contribution in [-0.2, 0) is 0 Å². The maximum atomic E-state index is 6.22. The van der Waals surface area contributed by atoms with Crippen molar-refractivity contribution in [3.8, 4) is 0 Å². The van der Waals surface area contributed by atoms with Crippen LogP contribution in [-0.4, -0.2) is 16.0 Å². The highest BCUT2D eigenvalue weighted by Gasteiger charge is 2.29. The predicted molar refractivity (Wildman–Crippen MR) is 88.6 cm³/mol. The zero-order valence-electron chi connectivity index (χ0n) is 11.7. The van der Waals surface area contributed by atoms with Crippen LogP contribution in [0.4, 0.5) is 5.82 Å². The highest BCUT2D eigenvalue weighted by atomic mass is 127. The van der Waals surface area contributed by atoms with Crippen molar-refractivity contribution < 1.29 is 0 Å². The van der Waals surface area contributed by atoms with Crippen molar-refractivity contribution in [2.24, 2.45) is 11.3 Å². The number of halogens is 2. The number of rotatable bonds is 2. The van der Waals surface area contributed by atoms with Crippen LogP contribution in [0, 0.1) is 15.0 Å². The second-order valence-electron chi connectivity index (χ2n) is 6.39. The van der Waals surface area contributed by atoms with Crippen LogP contribution in [0.5, 0.6) is 0 Å². The fraction of sp³-hybridized carbons (Fsp3) is 0.714. The van der Waals surface area contributed by atoms with Gasteiger partial charge in [0.15, 0.2) is 0 Å². The summed E-state index contributed by atoms with van der Waals surface area (Å²) in [5.41, 5.74) is 0.424. The summed E-state index contributed by atoms with van der Waals surface area (Å²) in [4.78, 5) is 8.32. The summed E-state index contributed by atoms with van der Waals surface area (Å²) in [7, 11) is 0. The lowest BCUT2D eigenvalue weighted by molar-refractivity contribution is 0.173. The first kappa shape index (κ1) is 15.3. The van der Waals surface area contributed by atoms with Gasteiger partial charge in [0.1, 0.15) is 20.9 Å². The first-order valence-electron chi connectivity index (χ1n) is 6.80. The fourth-order valence-electron chi connectivity index (χ4n) is 2.75. The van der Waals surface area contributed by atoms with Gasteiger partial charge >= 0.3 is 0 Å². The second-order valence-corrected chi connectivity index (χ2v) is 7.79. The van der Waals surface area contributed by atoms with Crippen molar-refractivity contribution in [1.82, 2.24) is 9.97 Å². The van der Waals surface area contributed by atoms with Gasteiger partial charge in [0.05, 0.1) is 0 Å². The molecular formula is C14H21ClIN3. The summed E-state index contributed by atoms with van der Waals surface area (Å²) < 4.78 is 0.806. The molecule has 0 atom stereocenters. The van der Waals surface area contributed by atoms with E-state index in [1.165, 1.54) is 25.7 Å². The van der Waals surface area contributed by atoms with E-state index < -0.39 is 0 Å². The van der Waals surface area contributed by atoms with Gasteiger partial charge in [0.25, 0.3) is 0 Å². The number of hydrogen-bond donors (Lipinski definition) is 1. The number of nitrogens with one attached hydrogen (secondary N) is 1. The van der Waals surface area contributed by atoms with Gasteiger partial charge in [0, 0.05) is 6.04 Å². The molecule has 1 aliphatic rings. The minimum absolute atomic E-state index is 0.424. The molecule has 0 aromatic carbocycles. The molecule has 1 aromatic heterocycles. The molecule has 3 nitrogen and oxygen atoms in total. The molecule has 0 radical (unpaired) electrons. The molecule has 2 rings (SSSR count). The minimum Gasteiger partial charge on any atom is -0.366 e. The molecule has 106 valence electrons. The van der Waals surface area contributed by atoms with Crippen LogP contribution in [0.25, 0.3) is 0 Å². The topological polar surface area (TPSA) is 37.8 Å². The Kier molecular flexibility index (Phi) is 4.93. The molecule has 0 spiro atoms. The Morgan fingerprint density at radius 3 is 2.42 bits per heavy atom. The third-order valence-corrected chi connectivity index (χ3v) is 5.53. The van der Waals surface area contributed by atoms with Crippen LogP contribution < -0.4 is 5.32 Å². The average Bonchev–Trinajstić information content (AvgIpc) is 2.35. The molecule has 1 aliphatic carbocycles. The van der Waals surface area contributed by atoms with E-state index in [-0.39, 0.29) is 0 Å². The van der Waals surface area contributed by atoms with Crippen LogP contribution in [0.15, 0.2) is 6.33 Å². The lowest BCUT2D eigenvalue weighted by Gasteiger charge is -2.37. The van der Waals surface area contributed by atoms with Crippen molar-refractivity contribution in [3.63, 3.8) is 0 Å². The third kappa shape index (κ3) is 3.94. The van der Waals surface area contributed by atoms with E-state index in [2.05, 4.69) is 58.6 Å². The molecule has 1 aromatic rings. The SMILES string of the molecule is CC(C)(C)C1CCC(Nc2ncnc(I)c2Cl)CC1. The number of nitrogens with zero attached hydrogens (tertiary/aromatic N) is 2. The number of hydrogen-bond acceptors (Lipinski definition) is 3. The Balaban J connectivity index is 1.94. The molecule has 0 saturated heterocycles. The van der Waals surface area contributed by atoms with Gasteiger partial charge in [-0.1, -0.05) is 32.4 Å². The summed E-state index contributed by atoms with van der Waals surface area (Å²) in [5, 5.41) is 4.11. The summed E-state index contributed by atoms with van der Waals surface area (Å²) in [6.07, 6.45) is 6.51. The van der Waals surface area contributed by atoms with Crippen molar-refractivity contribution in [3.05, 3.63) is 15.1 Å². The van der Waals surface area contributed by atoms with Crippen LogP contribution in [0.1, 0.15) is 46.5 Å². The largest absolute Gasteiger partial charge is 0.366 e. The molecule has 1 fully saturated rings. The summed E-state index contributed by atoms with van der Waals surface area (Å²) in [6.45, 7) is 7.03. The number of aromatic nitrogens is 2. The monoisotopic (exact) mass is 393 g/mol. The normalized spacial score (nSPS) is 24.3. The maximum absolute atomic E-state index is 6.22. The summed E-state index contributed by atoms with van der Waals surface area (Å²) in [6, 6.07) is 0.488. The fourth-order valence-corrected chi connectivity index (χ4v) is 3.28. The Hall–Kier alpha value is -0.100. The van der Waals surface area contributed by atoms with Crippen LogP contribution >= 0.6 is 34.2 Å². The van der Waals surface area contributed by atoms with E-state index in [4.69, 9.17) is 11.6 Å². The molecule has 0 amide bonds. The van der Waals surface area contributed by atoms with Gasteiger partial charge in [-0.05, 0) is 59.6 Å². The van der Waals surface area contributed by atoms with E-state index in [1.807, 2.05) is 0 Å². The molecule has 0 aliphatic heterocycles. The Morgan fingerprint density at radius 1 is 1.21 bits per heavy atom. The second kappa shape index (κ2) is 6.12. The third-order valence-electron chi connectivity index (χ3n) is 4.04. The Labute approximate surface area is 134 Å². The van der Waals surface area contributed by atoms with Gasteiger partial charge in [-0.25, -0.2) is 9.97 Å². The smallest absolute Gasteiger partial charge is 0.149 e. The molecule has 0 bridgehead atoms. The van der Waals surface area contributed by atoms with Crippen molar-refractivity contribution in [2.75, 3.05) is 5.32 Å². The summed E-state index contributed by atoms with van der Waals surface area (Å²) in [5.74, 6) is 1.60. The van der Waals surface area contributed by atoms with Crippen LogP contribution in [0.3, 0.4) is 0 Å². The van der Waals surface area contributed by atoms with Crippen molar-refractivity contribution in [1.29, 1.82) is 0 Å². The first-order valence-corrected chi connectivity index (χ1v) is 8.26. The van der Waals surface area contributed by atoms with Gasteiger partial charge < -0.3 is 5.32 Å².